The summed E-state index contributed by atoms with van der Waals surface area (Å²) in [4.78, 5) is 12.5. The highest BCUT2D eigenvalue weighted by Crippen LogP contribution is 2.66. The number of carbonyl (C=O) groups is 1. The second-order valence-corrected chi connectivity index (χ2v) is 13.1. The van der Waals surface area contributed by atoms with Gasteiger partial charge in [0.15, 0.2) is 5.12 Å². The lowest BCUT2D eigenvalue weighted by Crippen LogP contribution is -2.60. The van der Waals surface area contributed by atoms with Crippen molar-refractivity contribution in [1.82, 2.24) is 5.32 Å². The summed E-state index contributed by atoms with van der Waals surface area (Å²) in [5, 5.41) is 15.3. The van der Waals surface area contributed by atoms with Crippen LogP contribution in [0.1, 0.15) is 77.2 Å². The number of nitrogens with one attached hydrogen (secondary N) is 1. The molecule has 3 aliphatic carbocycles. The minimum absolute atomic E-state index is 0.118. The van der Waals surface area contributed by atoms with E-state index in [9.17, 15) is 9.90 Å². The van der Waals surface area contributed by atoms with Crippen molar-refractivity contribution in [2.24, 2.45) is 40.4 Å². The summed E-state index contributed by atoms with van der Waals surface area (Å²) in [7, 11) is 0. The van der Waals surface area contributed by atoms with Gasteiger partial charge >= 0.3 is 0 Å². The molecule has 1 aromatic carbocycles. The Morgan fingerprint density at radius 1 is 1.09 bits per heavy atom. The molecule has 4 fully saturated rings. The Hall–Kier alpha value is -0.840. The van der Waals surface area contributed by atoms with Crippen LogP contribution in [0.15, 0.2) is 30.3 Å². The van der Waals surface area contributed by atoms with Gasteiger partial charge in [-0.2, -0.15) is 0 Å². The number of thioether (sulfide) groups is 1. The van der Waals surface area contributed by atoms with Crippen molar-refractivity contribution < 1.29 is 9.90 Å². The smallest absolute Gasteiger partial charge is 0.189 e. The molecule has 4 heteroatoms. The molecule has 0 amide bonds. The lowest BCUT2D eigenvalue weighted by molar-refractivity contribution is -0.159. The van der Waals surface area contributed by atoms with Gasteiger partial charge in [-0.1, -0.05) is 55.9 Å². The lowest BCUT2D eigenvalue weighted by atomic mass is 9.45. The predicted molar refractivity (Wildman–Crippen MR) is 137 cm³/mol. The molecule has 6 unspecified atom stereocenters. The molecule has 4 aliphatic rings. The number of piperidine rings is 1. The first-order chi connectivity index (χ1) is 15.9. The van der Waals surface area contributed by atoms with Crippen LogP contribution in [0.3, 0.4) is 0 Å². The molecule has 1 aliphatic heterocycles. The van der Waals surface area contributed by atoms with E-state index < -0.39 is 0 Å². The molecule has 0 bridgehead atoms. The van der Waals surface area contributed by atoms with Crippen LogP contribution in [0.5, 0.6) is 0 Å². The van der Waals surface area contributed by atoms with Gasteiger partial charge in [-0.3, -0.25) is 4.79 Å². The molecular formula is C29H43NO2S. The van der Waals surface area contributed by atoms with Gasteiger partial charge < -0.3 is 10.4 Å². The summed E-state index contributed by atoms with van der Waals surface area (Å²) in [6.07, 6.45) is 10.3. The molecule has 1 saturated heterocycles. The Bertz CT molecular complexity index is 830. The maximum atomic E-state index is 12.5. The van der Waals surface area contributed by atoms with E-state index in [4.69, 9.17) is 0 Å². The highest BCUT2D eigenvalue weighted by molar-refractivity contribution is 8.12. The van der Waals surface area contributed by atoms with Crippen LogP contribution in [0, 0.1) is 40.4 Å². The van der Waals surface area contributed by atoms with E-state index in [2.05, 4.69) is 31.3 Å². The maximum absolute atomic E-state index is 12.5. The van der Waals surface area contributed by atoms with Crippen molar-refractivity contribution in [2.75, 3.05) is 13.1 Å². The molecule has 2 N–H and O–H groups in total. The van der Waals surface area contributed by atoms with Crippen molar-refractivity contribution in [2.45, 2.75) is 83.5 Å². The SMILES string of the molecule is CC12CCC3C(C(O)C[C@@H]4CNCC[C@]34C)C1CCC2CCCC(=O)SCc1ccccc1. The average molecular weight is 470 g/mol. The van der Waals surface area contributed by atoms with Crippen molar-refractivity contribution in [1.29, 1.82) is 0 Å². The summed E-state index contributed by atoms with van der Waals surface area (Å²) in [5.41, 5.74) is 2.00. The lowest BCUT2D eigenvalue weighted by Gasteiger charge is -2.62. The van der Waals surface area contributed by atoms with E-state index in [0.717, 1.165) is 37.6 Å². The molecule has 33 heavy (non-hydrogen) atoms. The molecule has 8 atom stereocenters. The van der Waals surface area contributed by atoms with Gasteiger partial charge in [0.1, 0.15) is 0 Å². The Morgan fingerprint density at radius 2 is 1.88 bits per heavy atom. The zero-order valence-electron chi connectivity index (χ0n) is 20.6. The molecule has 5 rings (SSSR count). The zero-order valence-corrected chi connectivity index (χ0v) is 21.4. The molecule has 0 radical (unpaired) electrons. The number of fused-ring (bicyclic) bond motifs is 5. The molecular weight excluding hydrogens is 426 g/mol. The normalized spacial score (nSPS) is 42.3. The van der Waals surface area contributed by atoms with E-state index in [0.29, 0.717) is 46.0 Å². The fourth-order valence-corrected chi connectivity index (χ4v) is 9.56. The van der Waals surface area contributed by atoms with Crippen molar-refractivity contribution in [3.8, 4) is 0 Å². The molecule has 0 aromatic heterocycles. The number of carbonyl (C=O) groups excluding carboxylic acids is 1. The highest BCUT2D eigenvalue weighted by Gasteiger charge is 2.61. The van der Waals surface area contributed by atoms with Gasteiger partial charge in [0.05, 0.1) is 6.10 Å². The monoisotopic (exact) mass is 469 g/mol. The second kappa shape index (κ2) is 9.66. The van der Waals surface area contributed by atoms with Crippen LogP contribution < -0.4 is 5.32 Å². The summed E-state index contributed by atoms with van der Waals surface area (Å²) in [6, 6.07) is 10.3. The minimum Gasteiger partial charge on any atom is -0.393 e. The Labute approximate surface area is 204 Å². The van der Waals surface area contributed by atoms with Crippen LogP contribution in [0.4, 0.5) is 0 Å². The maximum Gasteiger partial charge on any atom is 0.189 e. The second-order valence-electron chi connectivity index (χ2n) is 12.1. The first-order valence-corrected chi connectivity index (χ1v) is 14.5. The third-order valence-electron chi connectivity index (χ3n) is 10.7. The Kier molecular flexibility index (Phi) is 6.99. The predicted octanol–water partition coefficient (Wildman–Crippen LogP) is 6.06. The van der Waals surface area contributed by atoms with Gasteiger partial charge in [0, 0.05) is 12.2 Å². The Balaban J connectivity index is 1.17. The third kappa shape index (κ3) is 4.45. The van der Waals surface area contributed by atoms with E-state index in [1.165, 1.54) is 55.9 Å². The molecule has 3 saturated carbocycles. The molecule has 3 nitrogen and oxygen atoms in total. The van der Waals surface area contributed by atoms with E-state index in [1.807, 2.05) is 18.2 Å². The van der Waals surface area contributed by atoms with Gasteiger partial charge in [-0.15, -0.1) is 0 Å². The summed E-state index contributed by atoms with van der Waals surface area (Å²) < 4.78 is 0. The van der Waals surface area contributed by atoms with Crippen LogP contribution in [-0.4, -0.2) is 29.4 Å². The number of hydrogen-bond acceptors (Lipinski definition) is 4. The summed E-state index contributed by atoms with van der Waals surface area (Å²) in [5.74, 6) is 4.02. The first-order valence-electron chi connectivity index (χ1n) is 13.5. The van der Waals surface area contributed by atoms with E-state index in [1.54, 1.807) is 0 Å². The molecule has 1 aromatic rings. The number of hydrogen-bond donors (Lipinski definition) is 2. The fourth-order valence-electron chi connectivity index (χ4n) is 8.75. The highest BCUT2D eigenvalue weighted by atomic mass is 32.2. The summed E-state index contributed by atoms with van der Waals surface area (Å²) in [6.45, 7) is 7.34. The third-order valence-corrected chi connectivity index (χ3v) is 11.7. The van der Waals surface area contributed by atoms with Gasteiger partial charge in [0.2, 0.25) is 0 Å². The van der Waals surface area contributed by atoms with E-state index >= 15 is 0 Å². The van der Waals surface area contributed by atoms with Gasteiger partial charge in [0.25, 0.3) is 0 Å². The number of benzene rings is 1. The number of aliphatic hydroxyl groups is 1. The zero-order chi connectivity index (χ0) is 23.1. The number of rotatable bonds is 6. The molecule has 0 spiro atoms. The Morgan fingerprint density at radius 3 is 2.70 bits per heavy atom. The molecule has 182 valence electrons. The van der Waals surface area contributed by atoms with Gasteiger partial charge in [-0.05, 0) is 110 Å². The van der Waals surface area contributed by atoms with Crippen LogP contribution >= 0.6 is 11.8 Å². The summed E-state index contributed by atoms with van der Waals surface area (Å²) >= 11 is 1.48. The van der Waals surface area contributed by atoms with E-state index in [-0.39, 0.29) is 6.10 Å². The van der Waals surface area contributed by atoms with Crippen molar-refractivity contribution in [3.05, 3.63) is 35.9 Å². The topological polar surface area (TPSA) is 49.3 Å². The van der Waals surface area contributed by atoms with Crippen LogP contribution in [0.2, 0.25) is 0 Å². The van der Waals surface area contributed by atoms with Crippen LogP contribution in [-0.2, 0) is 10.5 Å². The standard InChI is InChI=1S/C29H43NO2S/c1-28-14-13-24-27(25(31)17-22-18-30-16-15-29(22,24)2)23(28)12-11-21(28)9-6-10-26(32)33-19-20-7-4-3-5-8-20/h3-5,7-8,21-25,27,30-31H,6,9-19H2,1-2H3/t21?,22-,23?,24?,25?,27?,28?,29+/m1/s1. The fraction of sp³-hybridized carbons (Fsp3) is 0.759. The minimum atomic E-state index is -0.118. The molecule has 1 heterocycles. The number of aliphatic hydroxyl groups excluding tert-OH is 1. The van der Waals surface area contributed by atoms with Gasteiger partial charge in [-0.25, -0.2) is 0 Å². The van der Waals surface area contributed by atoms with Crippen LogP contribution in [0.25, 0.3) is 0 Å². The largest absolute Gasteiger partial charge is 0.393 e. The van der Waals surface area contributed by atoms with Crippen molar-refractivity contribution in [3.63, 3.8) is 0 Å². The first kappa shape index (κ1) is 23.9. The average Bonchev–Trinajstić information content (AvgIpc) is 3.15. The van der Waals surface area contributed by atoms with Crippen molar-refractivity contribution >= 4 is 16.9 Å². The quantitative estimate of drug-likeness (QED) is 0.532.